The third-order valence-electron chi connectivity index (χ3n) is 11.8. The van der Waals surface area contributed by atoms with Gasteiger partial charge in [-0.25, -0.2) is 17.6 Å². The minimum Gasteiger partial charge on any atom is -0.206 e. The monoisotopic (exact) mass is 882 g/mol. The van der Waals surface area contributed by atoms with E-state index in [9.17, 15) is 8.78 Å². The highest BCUT2D eigenvalue weighted by atomic mass is 35.5. The van der Waals surface area contributed by atoms with Gasteiger partial charge in [0, 0.05) is 21.9 Å². The molecule has 0 nitrogen and oxygen atoms in total. The highest BCUT2D eigenvalue weighted by Crippen LogP contribution is 2.33. The van der Waals surface area contributed by atoms with Crippen molar-refractivity contribution in [1.29, 1.82) is 0 Å². The molecule has 8 aromatic rings. The van der Waals surface area contributed by atoms with Crippen LogP contribution in [0, 0.1) is 23.3 Å². The molecule has 0 unspecified atom stereocenters. The Kier molecular flexibility index (Phi) is 15.8. The Balaban J connectivity index is 0.000000189. The Bertz CT molecular complexity index is 2790. The molecule has 0 saturated heterocycles. The van der Waals surface area contributed by atoms with Crippen molar-refractivity contribution in [1.82, 2.24) is 0 Å². The fourth-order valence-corrected chi connectivity index (χ4v) is 8.28. The molecule has 0 saturated carbocycles. The van der Waals surface area contributed by atoms with E-state index in [1.807, 2.05) is 48.5 Å². The van der Waals surface area contributed by atoms with Crippen molar-refractivity contribution < 1.29 is 17.6 Å². The van der Waals surface area contributed by atoms with Gasteiger partial charge in [0.1, 0.15) is 23.3 Å². The van der Waals surface area contributed by atoms with Gasteiger partial charge in [-0.15, -0.1) is 0 Å². The van der Waals surface area contributed by atoms with Gasteiger partial charge in [-0.2, -0.15) is 0 Å². The summed E-state index contributed by atoms with van der Waals surface area (Å²) < 4.78 is 57.9. The van der Waals surface area contributed by atoms with E-state index in [2.05, 4.69) is 62.4 Å². The van der Waals surface area contributed by atoms with Gasteiger partial charge >= 0.3 is 0 Å². The van der Waals surface area contributed by atoms with Crippen LogP contribution in [0.5, 0.6) is 0 Å². The smallest absolute Gasteiger partial charge is 0.142 e. The van der Waals surface area contributed by atoms with Crippen LogP contribution in [-0.2, 0) is 38.5 Å². The summed E-state index contributed by atoms with van der Waals surface area (Å²) in [5.74, 6) is -1.77. The number of hydrogen-bond acceptors (Lipinski definition) is 0. The first kappa shape index (κ1) is 45.6. The van der Waals surface area contributed by atoms with Crippen molar-refractivity contribution in [2.45, 2.75) is 84.5 Å². The number of aryl methyl sites for hydroxylation is 6. The van der Waals surface area contributed by atoms with Crippen LogP contribution in [0.1, 0.15) is 79.3 Å². The summed E-state index contributed by atoms with van der Waals surface area (Å²) in [6.45, 7) is 4.44. The molecule has 0 spiro atoms. The van der Waals surface area contributed by atoms with E-state index in [1.54, 1.807) is 24.3 Å². The SMILES string of the molecule is CCCCCc1ccc(CCc2ccc3c(F)c(-c4ccc(Cl)c(F)c4)ccc3c2)cc1.CCCCc1ccc(CCc2ccc3c(F)c(-c4ccc(Cl)c(F)c4)ccc3c2)cc1. The molecule has 8 rings (SSSR count). The molecule has 0 heterocycles. The lowest BCUT2D eigenvalue weighted by molar-refractivity contribution is 0.626. The zero-order valence-corrected chi connectivity index (χ0v) is 37.4. The van der Waals surface area contributed by atoms with Crippen molar-refractivity contribution in [3.63, 3.8) is 0 Å². The molecule has 8 aromatic carbocycles. The standard InChI is InChI=1S/C29H27ClF2.C28H25ClF2/c1-2-3-4-5-20-6-8-21(9-7-20)10-11-22-12-15-25-23(18-22)13-16-26(29(25)32)24-14-17-27(30)28(31)19-24;1-2-3-4-19-5-7-20(8-6-19)9-10-21-11-14-24-22(17-21)12-15-25(28(24)31)23-13-16-26(29)27(30)18-23/h6-9,12-19H,2-5,10-11H2,1H3;5-8,11-18H,2-4,9-10H2,1H3. The lowest BCUT2D eigenvalue weighted by Crippen LogP contribution is -1.94. The maximum atomic E-state index is 15.2. The first-order valence-corrected chi connectivity index (χ1v) is 22.8. The van der Waals surface area contributed by atoms with Crippen LogP contribution in [0.15, 0.2) is 146 Å². The van der Waals surface area contributed by atoms with Gasteiger partial charge in [-0.3, -0.25) is 0 Å². The summed E-state index contributed by atoms with van der Waals surface area (Å²) in [6.07, 6.45) is 12.2. The Morgan fingerprint density at radius 2 is 0.714 bits per heavy atom. The molecule has 63 heavy (non-hydrogen) atoms. The second-order valence-electron chi connectivity index (χ2n) is 16.4. The number of unbranched alkanes of at least 4 members (excludes halogenated alkanes) is 3. The fourth-order valence-electron chi connectivity index (χ4n) is 8.05. The Hall–Kier alpha value is -5.42. The first-order valence-electron chi connectivity index (χ1n) is 22.1. The van der Waals surface area contributed by atoms with E-state index in [1.165, 1.54) is 89.8 Å². The van der Waals surface area contributed by atoms with Crippen LogP contribution >= 0.6 is 23.2 Å². The molecular formula is C57H52Cl2F4. The molecule has 0 aliphatic carbocycles. The second kappa shape index (κ2) is 21.8. The second-order valence-corrected chi connectivity index (χ2v) is 17.2. The van der Waals surface area contributed by atoms with E-state index < -0.39 is 11.6 Å². The van der Waals surface area contributed by atoms with Gasteiger partial charge in [-0.05, 0) is 131 Å². The molecule has 6 heteroatoms. The summed E-state index contributed by atoms with van der Waals surface area (Å²) in [5.41, 5.74) is 9.48. The lowest BCUT2D eigenvalue weighted by atomic mass is 9.97. The van der Waals surface area contributed by atoms with Crippen LogP contribution in [0.4, 0.5) is 17.6 Å². The van der Waals surface area contributed by atoms with E-state index in [0.717, 1.165) is 49.3 Å². The molecule has 0 amide bonds. The number of benzene rings is 8. The summed E-state index contributed by atoms with van der Waals surface area (Å²) in [7, 11) is 0. The molecule has 0 bridgehead atoms. The largest absolute Gasteiger partial charge is 0.206 e. The number of halogens is 6. The van der Waals surface area contributed by atoms with Gasteiger partial charge in [0.15, 0.2) is 0 Å². The number of rotatable bonds is 15. The first-order chi connectivity index (χ1) is 30.6. The van der Waals surface area contributed by atoms with Gasteiger partial charge in [0.05, 0.1) is 10.0 Å². The van der Waals surface area contributed by atoms with E-state index >= 15 is 8.78 Å². The van der Waals surface area contributed by atoms with Crippen molar-refractivity contribution in [3.8, 4) is 22.3 Å². The fraction of sp³-hybridized carbons (Fsp3) is 0.228. The van der Waals surface area contributed by atoms with E-state index in [0.29, 0.717) is 33.0 Å². The molecule has 322 valence electrons. The van der Waals surface area contributed by atoms with E-state index in [-0.39, 0.29) is 21.7 Å². The molecule has 0 N–H and O–H groups in total. The average molecular weight is 884 g/mol. The van der Waals surface area contributed by atoms with Crippen molar-refractivity contribution in [2.24, 2.45) is 0 Å². The maximum Gasteiger partial charge on any atom is 0.142 e. The maximum absolute atomic E-state index is 15.2. The van der Waals surface area contributed by atoms with E-state index in [4.69, 9.17) is 23.2 Å². The van der Waals surface area contributed by atoms with Crippen molar-refractivity contribution in [2.75, 3.05) is 0 Å². The van der Waals surface area contributed by atoms with Crippen LogP contribution in [-0.4, -0.2) is 0 Å². The summed E-state index contributed by atoms with van der Waals surface area (Å²) in [4.78, 5) is 0. The number of fused-ring (bicyclic) bond motifs is 2. The van der Waals surface area contributed by atoms with Gasteiger partial charge in [-0.1, -0.05) is 178 Å². The minimum absolute atomic E-state index is 0.0326. The molecular weight excluding hydrogens is 832 g/mol. The highest BCUT2D eigenvalue weighted by molar-refractivity contribution is 6.31. The quantitative estimate of drug-likeness (QED) is 0.0711. The zero-order valence-electron chi connectivity index (χ0n) is 35.9. The Morgan fingerprint density at radius 3 is 1.11 bits per heavy atom. The normalized spacial score (nSPS) is 11.2. The molecule has 0 aromatic heterocycles. The van der Waals surface area contributed by atoms with Gasteiger partial charge in [0.25, 0.3) is 0 Å². The summed E-state index contributed by atoms with van der Waals surface area (Å²) >= 11 is 11.5. The zero-order chi connectivity index (χ0) is 44.3. The topological polar surface area (TPSA) is 0 Å². The molecule has 0 aliphatic rings. The summed E-state index contributed by atoms with van der Waals surface area (Å²) in [6, 6.07) is 45.4. The molecule has 0 aliphatic heterocycles. The van der Waals surface area contributed by atoms with Crippen molar-refractivity contribution in [3.05, 3.63) is 212 Å². The Labute approximate surface area is 379 Å². The Morgan fingerprint density at radius 1 is 0.349 bits per heavy atom. The van der Waals surface area contributed by atoms with Gasteiger partial charge < -0.3 is 0 Å². The third kappa shape index (κ3) is 11.8. The van der Waals surface area contributed by atoms with Crippen LogP contribution < -0.4 is 0 Å². The average Bonchev–Trinajstić information content (AvgIpc) is 3.30. The van der Waals surface area contributed by atoms with Gasteiger partial charge in [0.2, 0.25) is 0 Å². The van der Waals surface area contributed by atoms with Crippen LogP contribution in [0.2, 0.25) is 10.0 Å². The third-order valence-corrected chi connectivity index (χ3v) is 12.4. The predicted octanol–water partition coefficient (Wildman–Crippen LogP) is 17.5. The highest BCUT2D eigenvalue weighted by Gasteiger charge is 2.14. The molecule has 0 radical (unpaired) electrons. The van der Waals surface area contributed by atoms with Crippen molar-refractivity contribution >= 4 is 44.7 Å². The molecule has 0 atom stereocenters. The lowest BCUT2D eigenvalue weighted by Gasteiger charge is -2.10. The predicted molar refractivity (Wildman–Crippen MR) is 258 cm³/mol. The minimum atomic E-state index is -0.549. The van der Waals surface area contributed by atoms with Crippen LogP contribution in [0.25, 0.3) is 43.8 Å². The summed E-state index contributed by atoms with van der Waals surface area (Å²) in [5, 5.41) is 2.85. The van der Waals surface area contributed by atoms with Crippen LogP contribution in [0.3, 0.4) is 0 Å². The number of hydrogen-bond donors (Lipinski definition) is 0. The molecule has 0 fully saturated rings.